The van der Waals surface area contributed by atoms with E-state index >= 15 is 0 Å². The van der Waals surface area contributed by atoms with Crippen molar-refractivity contribution in [3.63, 3.8) is 0 Å². The molecule has 124 valence electrons. The number of halogens is 1. The maximum atomic E-state index is 11.7. The Kier molecular flexibility index (Phi) is 9.31. The molecule has 0 aliphatic carbocycles. The number of thioether (sulfide) groups is 1. The van der Waals surface area contributed by atoms with Crippen LogP contribution in [0.25, 0.3) is 0 Å². The highest BCUT2D eigenvalue weighted by Gasteiger charge is 2.23. The molecule has 2 atom stereocenters. The molecule has 2 rings (SSSR count). The third-order valence-corrected chi connectivity index (χ3v) is 4.48. The average molecular weight is 346 g/mol. The maximum Gasteiger partial charge on any atom is 0.315 e. The molecule has 0 spiro atoms. The lowest BCUT2D eigenvalue weighted by atomic mass is 10.0. The number of hydrogen-bond donors (Lipinski definition) is 4. The summed E-state index contributed by atoms with van der Waals surface area (Å²) in [4.78, 5) is 13.0. The van der Waals surface area contributed by atoms with E-state index in [0.29, 0.717) is 13.1 Å². The molecular weight excluding hydrogens is 322 g/mol. The van der Waals surface area contributed by atoms with E-state index < -0.39 is 6.10 Å². The Hall–Kier alpha value is -0.950. The zero-order chi connectivity index (χ0) is 14.9. The van der Waals surface area contributed by atoms with Crippen LogP contribution < -0.4 is 16.0 Å². The molecule has 0 saturated carbocycles. The second-order valence-corrected chi connectivity index (χ2v) is 6.25. The van der Waals surface area contributed by atoms with E-state index in [1.54, 1.807) is 11.8 Å². The van der Waals surface area contributed by atoms with Crippen LogP contribution in [0, 0.1) is 0 Å². The molecule has 1 aromatic carbocycles. The van der Waals surface area contributed by atoms with E-state index in [9.17, 15) is 9.90 Å². The normalized spacial score (nSPS) is 20.8. The van der Waals surface area contributed by atoms with E-state index in [1.807, 2.05) is 18.2 Å². The van der Waals surface area contributed by atoms with Crippen molar-refractivity contribution in [2.75, 3.05) is 25.4 Å². The molecule has 22 heavy (non-hydrogen) atoms. The molecule has 1 heterocycles. The Bertz CT molecular complexity index is 436. The number of benzene rings is 1. The molecule has 1 aromatic rings. The molecule has 1 aliphatic heterocycles. The minimum absolute atomic E-state index is 0. The number of urea groups is 1. The predicted molar refractivity (Wildman–Crippen MR) is 92.8 cm³/mol. The van der Waals surface area contributed by atoms with Crippen molar-refractivity contribution < 1.29 is 9.90 Å². The molecule has 7 heteroatoms. The van der Waals surface area contributed by atoms with Crippen LogP contribution >= 0.6 is 24.2 Å². The number of aliphatic hydroxyl groups is 1. The summed E-state index contributed by atoms with van der Waals surface area (Å²) < 4.78 is 0. The Morgan fingerprint density at radius 2 is 2.14 bits per heavy atom. The second-order valence-electron chi connectivity index (χ2n) is 5.08. The minimum Gasteiger partial charge on any atom is -0.390 e. The number of nitrogens with one attached hydrogen (secondary N) is 3. The molecule has 1 fully saturated rings. The zero-order valence-corrected chi connectivity index (χ0v) is 14.1. The molecule has 0 radical (unpaired) electrons. The van der Waals surface area contributed by atoms with Crippen LogP contribution in [0.3, 0.4) is 0 Å². The highest BCUT2D eigenvalue weighted by atomic mass is 35.5. The number of hydrogen-bond acceptors (Lipinski definition) is 4. The van der Waals surface area contributed by atoms with Crippen LogP contribution in [-0.2, 0) is 0 Å². The molecule has 1 saturated heterocycles. The van der Waals surface area contributed by atoms with Gasteiger partial charge in [-0.25, -0.2) is 4.79 Å². The molecule has 0 unspecified atom stereocenters. The monoisotopic (exact) mass is 345 g/mol. The fourth-order valence-corrected chi connectivity index (χ4v) is 3.08. The van der Waals surface area contributed by atoms with E-state index in [1.165, 1.54) is 4.90 Å². The van der Waals surface area contributed by atoms with Crippen molar-refractivity contribution in [1.82, 2.24) is 16.0 Å². The number of carbonyl (C=O) groups excluding carboxylic acids is 1. The maximum absolute atomic E-state index is 11.7. The summed E-state index contributed by atoms with van der Waals surface area (Å²) in [6.07, 6.45) is 1.18. The third kappa shape index (κ3) is 6.87. The molecule has 0 bridgehead atoms. The summed E-state index contributed by atoms with van der Waals surface area (Å²) in [5, 5.41) is 18.5. The van der Waals surface area contributed by atoms with Gasteiger partial charge in [-0.05, 0) is 37.3 Å². The lowest BCUT2D eigenvalue weighted by molar-refractivity contribution is 0.106. The van der Waals surface area contributed by atoms with Gasteiger partial charge in [-0.3, -0.25) is 0 Å². The van der Waals surface area contributed by atoms with E-state index in [4.69, 9.17) is 0 Å². The smallest absolute Gasteiger partial charge is 0.315 e. The first-order valence-corrected chi connectivity index (χ1v) is 8.35. The highest BCUT2D eigenvalue weighted by molar-refractivity contribution is 7.99. The molecule has 1 aliphatic rings. The quantitative estimate of drug-likeness (QED) is 0.467. The lowest BCUT2D eigenvalue weighted by Crippen LogP contribution is -2.54. The van der Waals surface area contributed by atoms with Gasteiger partial charge >= 0.3 is 6.03 Å². The molecular formula is C15H24ClN3O2S. The van der Waals surface area contributed by atoms with Crippen LogP contribution in [0.15, 0.2) is 35.2 Å². The van der Waals surface area contributed by atoms with Crippen molar-refractivity contribution in [2.45, 2.75) is 29.9 Å². The van der Waals surface area contributed by atoms with Crippen LogP contribution in [0.2, 0.25) is 0 Å². The Morgan fingerprint density at radius 3 is 2.86 bits per heavy atom. The summed E-state index contributed by atoms with van der Waals surface area (Å²) >= 11 is 1.79. The van der Waals surface area contributed by atoms with Gasteiger partial charge in [-0.2, -0.15) is 0 Å². The number of aliphatic hydroxyl groups excluding tert-OH is 1. The SMILES string of the molecule is Cl.O=C(NCCCSc1ccccc1)N[C@@H]1CCNC[C@H]1O. The van der Waals surface area contributed by atoms with Crippen molar-refractivity contribution in [1.29, 1.82) is 0 Å². The number of carbonyl (C=O) groups is 1. The van der Waals surface area contributed by atoms with Gasteiger partial charge in [0.15, 0.2) is 0 Å². The molecule has 5 nitrogen and oxygen atoms in total. The second kappa shape index (κ2) is 10.7. The number of piperidine rings is 1. The van der Waals surface area contributed by atoms with Gasteiger partial charge in [0.1, 0.15) is 0 Å². The fourth-order valence-electron chi connectivity index (χ4n) is 2.21. The van der Waals surface area contributed by atoms with E-state index in [-0.39, 0.29) is 24.5 Å². The van der Waals surface area contributed by atoms with Gasteiger partial charge in [0, 0.05) is 18.0 Å². The van der Waals surface area contributed by atoms with E-state index in [2.05, 4.69) is 28.1 Å². The average Bonchev–Trinajstić information content (AvgIpc) is 2.50. The lowest BCUT2D eigenvalue weighted by Gasteiger charge is -2.29. The fraction of sp³-hybridized carbons (Fsp3) is 0.533. The molecule has 0 aromatic heterocycles. The summed E-state index contributed by atoms with van der Waals surface area (Å²) in [6, 6.07) is 9.89. The zero-order valence-electron chi connectivity index (χ0n) is 12.5. The third-order valence-electron chi connectivity index (χ3n) is 3.39. The largest absolute Gasteiger partial charge is 0.390 e. The van der Waals surface area contributed by atoms with Crippen molar-refractivity contribution in [3.05, 3.63) is 30.3 Å². The summed E-state index contributed by atoms with van der Waals surface area (Å²) in [7, 11) is 0. The van der Waals surface area contributed by atoms with E-state index in [0.717, 1.165) is 25.1 Å². The van der Waals surface area contributed by atoms with Gasteiger partial charge in [-0.15, -0.1) is 24.2 Å². The summed E-state index contributed by atoms with van der Waals surface area (Å²) in [5.74, 6) is 0.972. The van der Waals surface area contributed by atoms with Gasteiger partial charge in [0.2, 0.25) is 0 Å². The Morgan fingerprint density at radius 1 is 1.36 bits per heavy atom. The molecule has 4 N–H and O–H groups in total. The van der Waals surface area contributed by atoms with Crippen molar-refractivity contribution in [3.8, 4) is 0 Å². The predicted octanol–water partition coefficient (Wildman–Crippen LogP) is 1.61. The van der Waals surface area contributed by atoms with Crippen LogP contribution in [0.5, 0.6) is 0 Å². The van der Waals surface area contributed by atoms with Crippen molar-refractivity contribution in [2.24, 2.45) is 0 Å². The topological polar surface area (TPSA) is 73.4 Å². The first-order chi connectivity index (χ1) is 10.3. The Balaban J connectivity index is 0.00000242. The minimum atomic E-state index is -0.502. The van der Waals surface area contributed by atoms with Crippen LogP contribution in [0.4, 0.5) is 4.79 Å². The standard InChI is InChI=1S/C15H23N3O2S.ClH/c19-14-11-16-9-7-13(14)18-15(20)17-8-4-10-21-12-5-2-1-3-6-12;/h1-3,5-6,13-14,16,19H,4,7-11H2,(H2,17,18,20);1H/t13-,14-;/m1./s1. The first-order valence-electron chi connectivity index (χ1n) is 7.36. The number of rotatable bonds is 6. The number of β-amino-alcohol motifs (C(OH)–C–C–N with tert-alkyl or cyclic N) is 1. The summed E-state index contributed by atoms with van der Waals surface area (Å²) in [5.41, 5.74) is 0. The molecule has 2 amide bonds. The van der Waals surface area contributed by atoms with Crippen molar-refractivity contribution >= 4 is 30.2 Å². The first kappa shape index (κ1) is 19.1. The highest BCUT2D eigenvalue weighted by Crippen LogP contribution is 2.17. The number of amides is 2. The van der Waals surface area contributed by atoms with Gasteiger partial charge < -0.3 is 21.1 Å². The Labute approximate surface area is 142 Å². The van der Waals surface area contributed by atoms with Gasteiger partial charge in [-0.1, -0.05) is 18.2 Å². The van der Waals surface area contributed by atoms with Crippen LogP contribution in [-0.4, -0.2) is 48.7 Å². The summed E-state index contributed by atoms with van der Waals surface area (Å²) in [6.45, 7) is 2.01. The van der Waals surface area contributed by atoms with Crippen LogP contribution in [0.1, 0.15) is 12.8 Å². The van der Waals surface area contributed by atoms with Gasteiger partial charge in [0.25, 0.3) is 0 Å². The van der Waals surface area contributed by atoms with Gasteiger partial charge in [0.05, 0.1) is 12.1 Å².